The van der Waals surface area contributed by atoms with Crippen molar-refractivity contribution in [1.82, 2.24) is 0 Å². The summed E-state index contributed by atoms with van der Waals surface area (Å²) in [6.07, 6.45) is 23.5. The Morgan fingerprint density at radius 1 is 0.463 bits per heavy atom. The van der Waals surface area contributed by atoms with Crippen LogP contribution in [0, 0.1) is 0 Å². The summed E-state index contributed by atoms with van der Waals surface area (Å²) >= 11 is 0. The van der Waals surface area contributed by atoms with E-state index in [1.165, 1.54) is 89.9 Å². The number of allylic oxidation sites excluding steroid dienone is 4. The zero-order chi connectivity index (χ0) is 48.9. The zero-order valence-electron chi connectivity index (χ0n) is 41.4. The molecule has 0 saturated carbocycles. The molecule has 392 valence electrons. The molecule has 2 aliphatic heterocycles. The first-order valence-electron chi connectivity index (χ1n) is 26.4. The fraction of sp³-hybridized carbons (Fsp3) is 0.885. The zero-order valence-corrected chi connectivity index (χ0v) is 41.4. The smallest absolute Gasteiger partial charge is 0.306 e. The standard InChI is InChI=1S/C52H94O15/c1-3-5-7-9-11-13-15-17-18-19-20-21-23-25-27-29-31-33-35-44(55)65-40(37-62-43(54)34-32-30-28-26-24-22-16-14-12-10-8-6-4-2)38-63-51-50(61)48(59)46(57)42(67-51)39-64-52-49(60)47(58)45(56)41(36-53)66-52/h14,16,18-19,40-42,45-53,56-61H,3-13,15,17,20-39H2,1-2H3/b16-14-,19-18-. The number of carbonyl (C=O) groups is 2. The van der Waals surface area contributed by atoms with Crippen molar-refractivity contribution >= 4 is 11.9 Å². The van der Waals surface area contributed by atoms with Crippen LogP contribution >= 0.6 is 0 Å². The molecule has 15 heteroatoms. The quantitative estimate of drug-likeness (QED) is 0.0178. The lowest BCUT2D eigenvalue weighted by atomic mass is 9.98. The van der Waals surface area contributed by atoms with Crippen LogP contribution in [0.3, 0.4) is 0 Å². The van der Waals surface area contributed by atoms with Crippen LogP contribution in [0.25, 0.3) is 0 Å². The first-order chi connectivity index (χ1) is 32.5. The molecule has 0 amide bonds. The number of rotatable bonds is 41. The minimum Gasteiger partial charge on any atom is -0.462 e. The number of aliphatic hydroxyl groups is 7. The van der Waals surface area contributed by atoms with Gasteiger partial charge in [0.2, 0.25) is 0 Å². The van der Waals surface area contributed by atoms with Gasteiger partial charge in [0.1, 0.15) is 55.4 Å². The maximum atomic E-state index is 13.0. The molecule has 0 aromatic heterocycles. The molecule has 2 saturated heterocycles. The van der Waals surface area contributed by atoms with Gasteiger partial charge in [-0.25, -0.2) is 0 Å². The molecule has 2 fully saturated rings. The van der Waals surface area contributed by atoms with Crippen molar-refractivity contribution in [2.75, 3.05) is 26.4 Å². The number of unbranched alkanes of at least 4 members (excludes halogenated alkanes) is 23. The maximum Gasteiger partial charge on any atom is 0.306 e. The summed E-state index contributed by atoms with van der Waals surface area (Å²) in [5, 5.41) is 72.1. The third kappa shape index (κ3) is 27.8. The molecule has 2 aliphatic rings. The van der Waals surface area contributed by atoms with Gasteiger partial charge < -0.3 is 64.2 Å². The van der Waals surface area contributed by atoms with E-state index in [-0.39, 0.29) is 26.1 Å². The van der Waals surface area contributed by atoms with Gasteiger partial charge in [-0.2, -0.15) is 0 Å². The number of hydrogen-bond acceptors (Lipinski definition) is 15. The van der Waals surface area contributed by atoms with Crippen LogP contribution in [0.5, 0.6) is 0 Å². The second-order valence-electron chi connectivity index (χ2n) is 18.7. The van der Waals surface area contributed by atoms with Gasteiger partial charge in [0.25, 0.3) is 0 Å². The topological polar surface area (TPSA) is 231 Å². The highest BCUT2D eigenvalue weighted by Crippen LogP contribution is 2.26. The van der Waals surface area contributed by atoms with Crippen molar-refractivity contribution in [2.24, 2.45) is 0 Å². The van der Waals surface area contributed by atoms with Crippen molar-refractivity contribution in [3.05, 3.63) is 24.3 Å². The predicted octanol–water partition coefficient (Wildman–Crippen LogP) is 7.55. The summed E-state index contributed by atoms with van der Waals surface area (Å²) in [7, 11) is 0. The van der Waals surface area contributed by atoms with E-state index < -0.39 is 92.7 Å². The number of esters is 2. The average Bonchev–Trinajstić information content (AvgIpc) is 3.32. The normalized spacial score (nSPS) is 26.1. The molecule has 0 aromatic rings. The lowest BCUT2D eigenvalue weighted by Crippen LogP contribution is -2.61. The van der Waals surface area contributed by atoms with Crippen LogP contribution in [0.15, 0.2) is 24.3 Å². The van der Waals surface area contributed by atoms with Gasteiger partial charge >= 0.3 is 11.9 Å². The molecular formula is C52H94O15. The van der Waals surface area contributed by atoms with Crippen molar-refractivity contribution in [2.45, 2.75) is 268 Å². The summed E-state index contributed by atoms with van der Waals surface area (Å²) in [5.74, 6) is -0.935. The molecule has 15 nitrogen and oxygen atoms in total. The van der Waals surface area contributed by atoms with Gasteiger partial charge in [0, 0.05) is 12.8 Å². The van der Waals surface area contributed by atoms with Crippen molar-refractivity contribution < 1.29 is 73.8 Å². The SMILES string of the molecule is CCCCCC/C=C\CCCCCCCC(=O)OCC(COC1OC(COC2OC(CO)C(O)C(O)C2O)C(O)C(O)C1O)OC(=O)CCCCCCCCC/C=C\CCCCCCCCC. The molecular weight excluding hydrogens is 865 g/mol. The fourth-order valence-corrected chi connectivity index (χ4v) is 8.26. The first kappa shape index (κ1) is 61.1. The molecule has 0 aliphatic carbocycles. The lowest BCUT2D eigenvalue weighted by Gasteiger charge is -2.42. The Hall–Kier alpha value is -2.02. The Morgan fingerprint density at radius 2 is 0.851 bits per heavy atom. The van der Waals surface area contributed by atoms with Crippen LogP contribution in [-0.2, 0) is 38.0 Å². The highest BCUT2D eigenvalue weighted by molar-refractivity contribution is 5.70. The van der Waals surface area contributed by atoms with E-state index in [4.69, 9.17) is 28.4 Å². The van der Waals surface area contributed by atoms with E-state index in [1.807, 2.05) is 0 Å². The van der Waals surface area contributed by atoms with Crippen LogP contribution in [0.2, 0.25) is 0 Å². The first-order valence-corrected chi connectivity index (χ1v) is 26.4. The Labute approximate surface area is 403 Å². The summed E-state index contributed by atoms with van der Waals surface area (Å²) in [6, 6.07) is 0. The fourth-order valence-electron chi connectivity index (χ4n) is 8.26. The van der Waals surface area contributed by atoms with E-state index >= 15 is 0 Å². The number of aliphatic hydroxyl groups excluding tert-OH is 7. The van der Waals surface area contributed by atoms with Crippen molar-refractivity contribution in [3.63, 3.8) is 0 Å². The average molecular weight is 959 g/mol. The minimum atomic E-state index is -1.76. The van der Waals surface area contributed by atoms with E-state index in [2.05, 4.69) is 38.2 Å². The van der Waals surface area contributed by atoms with E-state index in [0.29, 0.717) is 12.8 Å². The molecule has 2 heterocycles. The van der Waals surface area contributed by atoms with Gasteiger partial charge in [-0.05, 0) is 64.2 Å². The summed E-state index contributed by atoms with van der Waals surface area (Å²) in [4.78, 5) is 25.8. The molecule has 7 N–H and O–H groups in total. The van der Waals surface area contributed by atoms with E-state index in [9.17, 15) is 45.3 Å². The predicted molar refractivity (Wildman–Crippen MR) is 257 cm³/mol. The Bertz CT molecular complexity index is 1270. The van der Waals surface area contributed by atoms with Gasteiger partial charge in [-0.1, -0.05) is 147 Å². The minimum absolute atomic E-state index is 0.160. The van der Waals surface area contributed by atoms with Gasteiger partial charge in [-0.3, -0.25) is 9.59 Å². The molecule has 0 bridgehead atoms. The third-order valence-corrected chi connectivity index (χ3v) is 12.7. The monoisotopic (exact) mass is 959 g/mol. The summed E-state index contributed by atoms with van der Waals surface area (Å²) < 4.78 is 33.6. The van der Waals surface area contributed by atoms with E-state index in [0.717, 1.165) is 70.6 Å². The second kappa shape index (κ2) is 39.7. The van der Waals surface area contributed by atoms with Crippen molar-refractivity contribution in [3.8, 4) is 0 Å². The molecule has 0 spiro atoms. The molecule has 67 heavy (non-hydrogen) atoms. The van der Waals surface area contributed by atoms with E-state index in [1.54, 1.807) is 0 Å². The highest BCUT2D eigenvalue weighted by atomic mass is 16.7. The molecule has 0 radical (unpaired) electrons. The van der Waals surface area contributed by atoms with Crippen LogP contribution in [-0.4, -0.2) is 142 Å². The highest BCUT2D eigenvalue weighted by Gasteiger charge is 2.47. The summed E-state index contributed by atoms with van der Waals surface area (Å²) in [5.41, 5.74) is 0. The Balaban J connectivity index is 1.80. The summed E-state index contributed by atoms with van der Waals surface area (Å²) in [6.45, 7) is 2.57. The number of hydrogen-bond donors (Lipinski definition) is 7. The number of ether oxygens (including phenoxy) is 6. The lowest BCUT2D eigenvalue weighted by molar-refractivity contribution is -0.332. The van der Waals surface area contributed by atoms with Crippen LogP contribution in [0.4, 0.5) is 0 Å². The molecule has 2 rings (SSSR count). The van der Waals surface area contributed by atoms with Crippen LogP contribution in [0.1, 0.15) is 200 Å². The maximum absolute atomic E-state index is 13.0. The molecule has 11 atom stereocenters. The van der Waals surface area contributed by atoms with Gasteiger partial charge in [0.05, 0.1) is 19.8 Å². The molecule has 0 aromatic carbocycles. The third-order valence-electron chi connectivity index (χ3n) is 12.7. The van der Waals surface area contributed by atoms with Crippen molar-refractivity contribution in [1.29, 1.82) is 0 Å². The van der Waals surface area contributed by atoms with Gasteiger partial charge in [0.15, 0.2) is 18.7 Å². The van der Waals surface area contributed by atoms with Crippen LogP contribution < -0.4 is 0 Å². The molecule has 11 unspecified atom stereocenters. The largest absolute Gasteiger partial charge is 0.462 e. The second-order valence-corrected chi connectivity index (χ2v) is 18.7. The van der Waals surface area contributed by atoms with Gasteiger partial charge in [-0.15, -0.1) is 0 Å². The number of carbonyl (C=O) groups excluding carboxylic acids is 2. The Morgan fingerprint density at radius 3 is 1.33 bits per heavy atom. The Kier molecular flexibility index (Phi) is 36.2.